The van der Waals surface area contributed by atoms with Gasteiger partial charge in [0, 0.05) is 38.3 Å². The molecule has 0 unspecified atom stereocenters. The van der Waals surface area contributed by atoms with Gasteiger partial charge in [-0.3, -0.25) is 25.0 Å². The Morgan fingerprint density at radius 1 is 1.31 bits per heavy atom. The molecule has 1 fully saturated rings. The van der Waals surface area contributed by atoms with Gasteiger partial charge in [0.2, 0.25) is 11.9 Å². The first kappa shape index (κ1) is 20.7. The van der Waals surface area contributed by atoms with Crippen molar-refractivity contribution in [3.8, 4) is 0 Å². The first-order valence-corrected chi connectivity index (χ1v) is 9.71. The summed E-state index contributed by atoms with van der Waals surface area (Å²) in [6, 6.07) is 4.99. The summed E-state index contributed by atoms with van der Waals surface area (Å²) in [6.45, 7) is 7.90. The van der Waals surface area contributed by atoms with Crippen molar-refractivity contribution >= 4 is 23.5 Å². The maximum absolute atomic E-state index is 12.8. The molecule has 2 atom stereocenters. The molecule has 0 saturated carbocycles. The first-order valence-electron chi connectivity index (χ1n) is 9.71. The molecule has 10 nitrogen and oxygen atoms in total. The summed E-state index contributed by atoms with van der Waals surface area (Å²) in [5.74, 6) is -2.01. The second kappa shape index (κ2) is 8.99. The number of hydrogen-bond acceptors (Lipinski definition) is 8. The fourth-order valence-electron chi connectivity index (χ4n) is 3.56. The third kappa shape index (κ3) is 4.53. The van der Waals surface area contributed by atoms with Gasteiger partial charge in [0.05, 0.1) is 11.5 Å². The average molecular weight is 403 g/mol. The number of rotatable bonds is 5. The zero-order valence-corrected chi connectivity index (χ0v) is 16.5. The lowest BCUT2D eigenvalue weighted by molar-refractivity contribution is -0.384. The van der Waals surface area contributed by atoms with Gasteiger partial charge in [-0.25, -0.2) is 4.99 Å². The van der Waals surface area contributed by atoms with Crippen LogP contribution in [0.3, 0.4) is 0 Å². The third-order valence-electron chi connectivity index (χ3n) is 5.18. The third-order valence-corrected chi connectivity index (χ3v) is 5.18. The van der Waals surface area contributed by atoms with Gasteiger partial charge in [-0.15, -0.1) is 0 Å². The van der Waals surface area contributed by atoms with Crippen LogP contribution in [-0.2, 0) is 14.3 Å². The molecule has 156 valence electrons. The molecule has 0 aliphatic carbocycles. The average Bonchev–Trinajstić information content (AvgIpc) is 2.73. The van der Waals surface area contributed by atoms with Crippen LogP contribution < -0.4 is 5.32 Å². The predicted molar refractivity (Wildman–Crippen MR) is 105 cm³/mol. The summed E-state index contributed by atoms with van der Waals surface area (Å²) in [6.07, 6.45) is 0. The molecule has 0 radical (unpaired) electrons. The van der Waals surface area contributed by atoms with Crippen molar-refractivity contribution < 1.29 is 19.2 Å². The van der Waals surface area contributed by atoms with Gasteiger partial charge >= 0.3 is 5.97 Å². The van der Waals surface area contributed by atoms with E-state index >= 15 is 0 Å². The molecular weight excluding hydrogens is 378 g/mol. The number of hydrogen-bond donors (Lipinski definition) is 1. The Morgan fingerprint density at radius 2 is 2.03 bits per heavy atom. The summed E-state index contributed by atoms with van der Waals surface area (Å²) < 4.78 is 5.07. The summed E-state index contributed by atoms with van der Waals surface area (Å²) in [5.41, 5.74) is 0.307. The molecular formula is C19H25N5O5. The van der Waals surface area contributed by atoms with Gasteiger partial charge in [0.15, 0.2) is 5.92 Å². The lowest BCUT2D eigenvalue weighted by atomic mass is 9.91. The number of nitrogens with zero attached hydrogens (tertiary/aromatic N) is 4. The van der Waals surface area contributed by atoms with E-state index in [4.69, 9.17) is 4.74 Å². The van der Waals surface area contributed by atoms with Crippen molar-refractivity contribution in [1.82, 2.24) is 15.1 Å². The Morgan fingerprint density at radius 3 is 2.66 bits per heavy atom. The minimum atomic E-state index is -1.20. The minimum absolute atomic E-state index is 0.121. The Kier molecular flexibility index (Phi) is 6.42. The molecule has 3 rings (SSSR count). The number of amides is 1. The van der Waals surface area contributed by atoms with Gasteiger partial charge in [-0.2, -0.15) is 0 Å². The number of non-ortho nitro benzene ring substituents is 1. The summed E-state index contributed by atoms with van der Waals surface area (Å²) in [7, 11) is 0. The van der Waals surface area contributed by atoms with E-state index in [9.17, 15) is 19.7 Å². The van der Waals surface area contributed by atoms with E-state index < -0.39 is 28.8 Å². The minimum Gasteiger partial charge on any atom is -0.465 e. The van der Waals surface area contributed by atoms with E-state index in [1.165, 1.54) is 18.2 Å². The number of carbonyl (C=O) groups excluding carboxylic acids is 2. The molecule has 29 heavy (non-hydrogen) atoms. The zero-order chi connectivity index (χ0) is 21.0. The Labute approximate surface area is 168 Å². The molecule has 2 aliphatic rings. The summed E-state index contributed by atoms with van der Waals surface area (Å²) in [4.78, 5) is 44.8. The number of nitro benzene ring substituents is 1. The second-order valence-corrected chi connectivity index (χ2v) is 6.89. The van der Waals surface area contributed by atoms with E-state index in [1.54, 1.807) is 13.0 Å². The van der Waals surface area contributed by atoms with Crippen LogP contribution in [0.4, 0.5) is 5.69 Å². The van der Waals surface area contributed by atoms with Crippen LogP contribution in [0.5, 0.6) is 0 Å². The van der Waals surface area contributed by atoms with E-state index in [0.29, 0.717) is 24.6 Å². The monoisotopic (exact) mass is 403 g/mol. The number of nitro groups is 1. The Bertz CT molecular complexity index is 819. The number of piperazine rings is 1. The van der Waals surface area contributed by atoms with Crippen LogP contribution in [-0.4, -0.2) is 71.9 Å². The Balaban J connectivity index is 1.95. The number of likely N-dealkylation sites (N-methyl/N-ethyl adjacent to an activating group) is 1. The highest BCUT2D eigenvalue weighted by molar-refractivity contribution is 6.08. The number of carbonyl (C=O) groups is 2. The molecule has 1 aromatic rings. The maximum Gasteiger partial charge on any atom is 0.321 e. The lowest BCUT2D eigenvalue weighted by Gasteiger charge is -2.38. The number of esters is 1. The summed E-state index contributed by atoms with van der Waals surface area (Å²) >= 11 is 0. The number of benzene rings is 1. The van der Waals surface area contributed by atoms with Crippen molar-refractivity contribution in [2.75, 3.05) is 39.3 Å². The number of nitrogens with one attached hydrogen (secondary N) is 1. The van der Waals surface area contributed by atoms with Crippen LogP contribution in [0.1, 0.15) is 25.5 Å². The molecule has 0 bridgehead atoms. The predicted octanol–water partition coefficient (Wildman–Crippen LogP) is 0.939. The number of ether oxygens (including phenoxy) is 1. The molecule has 1 amide bonds. The molecule has 10 heteroatoms. The van der Waals surface area contributed by atoms with Crippen LogP contribution >= 0.6 is 0 Å². The van der Waals surface area contributed by atoms with Crippen molar-refractivity contribution in [2.45, 2.75) is 19.9 Å². The van der Waals surface area contributed by atoms with Crippen LogP contribution in [0, 0.1) is 16.0 Å². The normalized spacial score (nSPS) is 22.6. The van der Waals surface area contributed by atoms with E-state index in [0.717, 1.165) is 19.6 Å². The highest BCUT2D eigenvalue weighted by Gasteiger charge is 2.42. The van der Waals surface area contributed by atoms with E-state index in [2.05, 4.69) is 22.1 Å². The molecule has 1 aromatic carbocycles. The van der Waals surface area contributed by atoms with Crippen LogP contribution in [0.25, 0.3) is 0 Å². The smallest absolute Gasteiger partial charge is 0.321 e. The van der Waals surface area contributed by atoms with Gasteiger partial charge in [0.25, 0.3) is 5.69 Å². The standard InChI is InChI=1S/C19H25N5O5/c1-3-22-8-10-23(11-9-22)19-20-16(13-6-5-7-14(12-13)24(27)28)15(17(25)21-19)18(26)29-4-2/h5-7,12,15-16H,3-4,8-11H2,1-2H3,(H,20,21,25)/t15-,16-/m1/s1. The van der Waals surface area contributed by atoms with E-state index in [-0.39, 0.29) is 12.3 Å². The fourth-order valence-corrected chi connectivity index (χ4v) is 3.56. The second-order valence-electron chi connectivity index (χ2n) is 6.89. The van der Waals surface area contributed by atoms with Crippen molar-refractivity contribution in [3.63, 3.8) is 0 Å². The molecule has 0 aromatic heterocycles. The molecule has 1 N–H and O–H groups in total. The highest BCUT2D eigenvalue weighted by Crippen LogP contribution is 2.32. The highest BCUT2D eigenvalue weighted by atomic mass is 16.6. The molecule has 0 spiro atoms. The zero-order valence-electron chi connectivity index (χ0n) is 16.5. The summed E-state index contributed by atoms with van der Waals surface area (Å²) in [5, 5.41) is 13.9. The van der Waals surface area contributed by atoms with Crippen molar-refractivity contribution in [3.05, 3.63) is 39.9 Å². The van der Waals surface area contributed by atoms with Crippen molar-refractivity contribution in [1.29, 1.82) is 0 Å². The van der Waals surface area contributed by atoms with Gasteiger partial charge < -0.3 is 14.5 Å². The fraction of sp³-hybridized carbons (Fsp3) is 0.526. The molecule has 2 heterocycles. The van der Waals surface area contributed by atoms with Crippen molar-refractivity contribution in [2.24, 2.45) is 10.9 Å². The van der Waals surface area contributed by atoms with Gasteiger partial charge in [-0.1, -0.05) is 19.1 Å². The molecule has 1 saturated heterocycles. The van der Waals surface area contributed by atoms with Crippen LogP contribution in [0.15, 0.2) is 29.3 Å². The lowest BCUT2D eigenvalue weighted by Crippen LogP contribution is -2.57. The van der Waals surface area contributed by atoms with E-state index in [1.807, 2.05) is 4.90 Å². The maximum atomic E-state index is 12.8. The Hall–Kier alpha value is -3.01. The largest absolute Gasteiger partial charge is 0.465 e. The van der Waals surface area contributed by atoms with Gasteiger partial charge in [-0.05, 0) is 19.0 Å². The quantitative estimate of drug-likeness (QED) is 0.336. The molecule has 2 aliphatic heterocycles. The SMILES string of the molecule is CCOC(=O)[C@H]1C(=O)NC(N2CCN(CC)CC2)=N[C@@H]1c1cccc([N+](=O)[O-])c1. The van der Waals surface area contributed by atoms with Gasteiger partial charge in [0.1, 0.15) is 6.04 Å². The first-order chi connectivity index (χ1) is 13.9. The number of guanidine groups is 1. The van der Waals surface area contributed by atoms with Crippen LogP contribution in [0.2, 0.25) is 0 Å². The number of aliphatic imine (C=N–C) groups is 1. The topological polar surface area (TPSA) is 117 Å².